The summed E-state index contributed by atoms with van der Waals surface area (Å²) in [6.45, 7) is 0. The lowest BCUT2D eigenvalue weighted by molar-refractivity contribution is 0.0752. The van der Waals surface area contributed by atoms with Crippen LogP contribution in [-0.2, 0) is 11.1 Å². The van der Waals surface area contributed by atoms with Crippen molar-refractivity contribution in [3.05, 3.63) is 139 Å². The summed E-state index contributed by atoms with van der Waals surface area (Å²) < 4.78 is 250. The van der Waals surface area contributed by atoms with E-state index in [2.05, 4.69) is 0 Å². The second-order valence-corrected chi connectivity index (χ2v) is 8.96. The number of alkyl halides is 1. The van der Waals surface area contributed by atoms with Gasteiger partial charge in [-0.05, 0) is 18.2 Å². The van der Waals surface area contributed by atoms with Crippen molar-refractivity contribution >= 4 is 0 Å². The number of rotatable bonds is 3. The molecule has 0 bridgehead atoms. The minimum absolute atomic E-state index is 0.726. The van der Waals surface area contributed by atoms with Gasteiger partial charge in [-0.2, -0.15) is 0 Å². The van der Waals surface area contributed by atoms with Crippen LogP contribution in [0.4, 0.5) is 74.6 Å². The molecule has 4 aromatic rings. The topological polar surface area (TPSA) is 0 Å². The summed E-state index contributed by atoms with van der Waals surface area (Å²) in [4.78, 5) is 0. The average molecular weight is 638 g/mol. The lowest BCUT2D eigenvalue weighted by Gasteiger charge is -2.56. The van der Waals surface area contributed by atoms with Crippen LogP contribution in [0.2, 0.25) is 0 Å². The molecule has 0 nitrogen and oxygen atoms in total. The fourth-order valence-electron chi connectivity index (χ4n) is 5.24. The second kappa shape index (κ2) is 9.34. The molecule has 226 valence electrons. The van der Waals surface area contributed by atoms with Crippen molar-refractivity contribution in [2.45, 2.75) is 11.1 Å². The Morgan fingerprint density at radius 2 is 0.581 bits per heavy atom. The zero-order chi connectivity index (χ0) is 32.2. The van der Waals surface area contributed by atoms with Crippen LogP contribution in [0.15, 0.2) is 18.2 Å². The maximum Gasteiger partial charge on any atom is 0.197 e. The van der Waals surface area contributed by atoms with E-state index < -0.39 is 150 Å². The molecule has 4 aromatic carbocycles. The predicted molar refractivity (Wildman–Crippen MR) is 107 cm³/mol. The molecule has 0 saturated carbocycles. The molecule has 0 spiro atoms. The molecule has 0 fully saturated rings. The van der Waals surface area contributed by atoms with Crippen molar-refractivity contribution in [1.29, 1.82) is 0 Å². The van der Waals surface area contributed by atoms with Crippen LogP contribution >= 0.6 is 0 Å². The standard InChI is InChI=1S/C26H3F17/c27-7-1-4(12(30)20(38)15(7)33)25(5-2-8(28)16(34)21(39)13(5)31)10-11(19(37)24(42)23(41)18(10)36)26(25,43)6-3-9(29)17(35)22(40)14(6)32/h1-3H. The molecule has 0 amide bonds. The van der Waals surface area contributed by atoms with E-state index in [-0.39, 0.29) is 0 Å². The Labute approximate surface area is 225 Å². The predicted octanol–water partition coefficient (Wildman–Crippen LogP) is 8.47. The molecule has 5 rings (SSSR count). The van der Waals surface area contributed by atoms with Crippen LogP contribution in [0.1, 0.15) is 27.8 Å². The quantitative estimate of drug-likeness (QED) is 0.120. The lowest BCUT2D eigenvalue weighted by Crippen LogP contribution is -2.61. The van der Waals surface area contributed by atoms with E-state index in [0.29, 0.717) is 0 Å². The molecule has 0 saturated heterocycles. The summed E-state index contributed by atoms with van der Waals surface area (Å²) in [6.07, 6.45) is 0. The Morgan fingerprint density at radius 1 is 0.302 bits per heavy atom. The van der Waals surface area contributed by atoms with Crippen LogP contribution in [0, 0.1) is 93.1 Å². The van der Waals surface area contributed by atoms with Crippen molar-refractivity contribution < 1.29 is 74.6 Å². The smallest absolute Gasteiger partial charge is 0.197 e. The zero-order valence-corrected chi connectivity index (χ0v) is 19.7. The third kappa shape index (κ3) is 3.41. The van der Waals surface area contributed by atoms with Crippen molar-refractivity contribution in [2.24, 2.45) is 0 Å². The Balaban J connectivity index is 2.20. The summed E-state index contributed by atoms with van der Waals surface area (Å²) in [5, 5.41) is 0. The summed E-state index contributed by atoms with van der Waals surface area (Å²) in [7, 11) is 0. The van der Waals surface area contributed by atoms with Crippen LogP contribution < -0.4 is 0 Å². The van der Waals surface area contributed by atoms with Crippen LogP contribution in [0.5, 0.6) is 0 Å². The Bertz CT molecular complexity index is 1850. The highest BCUT2D eigenvalue weighted by molar-refractivity contribution is 5.72. The number of hydrogen-bond donors (Lipinski definition) is 0. The van der Waals surface area contributed by atoms with E-state index in [1.165, 1.54) is 0 Å². The van der Waals surface area contributed by atoms with Gasteiger partial charge in [-0.1, -0.05) is 0 Å². The molecule has 0 radical (unpaired) electrons. The van der Waals surface area contributed by atoms with Gasteiger partial charge in [-0.3, -0.25) is 0 Å². The first kappa shape index (κ1) is 30.2. The van der Waals surface area contributed by atoms with E-state index in [4.69, 9.17) is 0 Å². The van der Waals surface area contributed by atoms with Gasteiger partial charge in [0, 0.05) is 27.8 Å². The minimum Gasteiger partial charge on any atom is -0.231 e. The van der Waals surface area contributed by atoms with Crippen LogP contribution in [0.25, 0.3) is 0 Å². The molecule has 0 N–H and O–H groups in total. The first-order chi connectivity index (χ1) is 19.9. The highest BCUT2D eigenvalue weighted by Crippen LogP contribution is 2.69. The van der Waals surface area contributed by atoms with Gasteiger partial charge in [0.1, 0.15) is 0 Å². The zero-order valence-electron chi connectivity index (χ0n) is 19.7. The van der Waals surface area contributed by atoms with Gasteiger partial charge < -0.3 is 0 Å². The summed E-state index contributed by atoms with van der Waals surface area (Å²) in [5.74, 6) is -46.1. The molecule has 0 aliphatic heterocycles. The Hall–Kier alpha value is -4.31. The highest BCUT2D eigenvalue weighted by Gasteiger charge is 2.74. The monoisotopic (exact) mass is 638 g/mol. The summed E-state index contributed by atoms with van der Waals surface area (Å²) in [6, 6.07) is -2.21. The van der Waals surface area contributed by atoms with Crippen LogP contribution in [-0.4, -0.2) is 0 Å². The fraction of sp³-hybridized carbons (Fsp3) is 0.0769. The number of hydrogen-bond acceptors (Lipinski definition) is 0. The van der Waals surface area contributed by atoms with E-state index in [0.717, 1.165) is 0 Å². The fourth-order valence-corrected chi connectivity index (χ4v) is 5.24. The average Bonchev–Trinajstić information content (AvgIpc) is 2.97. The molecule has 17 heteroatoms. The lowest BCUT2D eigenvalue weighted by atomic mass is 9.46. The summed E-state index contributed by atoms with van der Waals surface area (Å²) >= 11 is 0. The summed E-state index contributed by atoms with van der Waals surface area (Å²) in [5.41, 5.74) is -22.3. The largest absolute Gasteiger partial charge is 0.231 e. The van der Waals surface area contributed by atoms with E-state index in [1.54, 1.807) is 0 Å². The van der Waals surface area contributed by atoms with Crippen molar-refractivity contribution in [1.82, 2.24) is 0 Å². The van der Waals surface area contributed by atoms with Gasteiger partial charge in [-0.25, -0.2) is 74.6 Å². The molecule has 0 heterocycles. The Kier molecular flexibility index (Phi) is 6.55. The molecular formula is C26H3F17. The first-order valence-electron chi connectivity index (χ1n) is 10.9. The van der Waals surface area contributed by atoms with Gasteiger partial charge >= 0.3 is 0 Å². The molecule has 1 unspecified atom stereocenters. The molecule has 1 aliphatic carbocycles. The van der Waals surface area contributed by atoms with Crippen molar-refractivity contribution in [2.75, 3.05) is 0 Å². The SMILES string of the molecule is Fc1cc(C2(F)c3c(F)c(F)c(F)c(F)c3C2(c2cc(F)c(F)c(F)c2F)c2cc(F)c(F)c(F)c2F)c(F)c(F)c1F. The van der Waals surface area contributed by atoms with Gasteiger partial charge in [-0.15, -0.1) is 0 Å². The molecule has 1 atom stereocenters. The van der Waals surface area contributed by atoms with E-state index in [1.807, 2.05) is 0 Å². The third-order valence-electron chi connectivity index (χ3n) is 6.99. The normalized spacial score (nSPS) is 17.2. The van der Waals surface area contributed by atoms with E-state index >= 15 is 26.3 Å². The van der Waals surface area contributed by atoms with E-state index in [9.17, 15) is 48.3 Å². The minimum atomic E-state index is -5.20. The van der Waals surface area contributed by atoms with Crippen molar-refractivity contribution in [3.8, 4) is 0 Å². The maximum atomic E-state index is 17.5. The van der Waals surface area contributed by atoms with Gasteiger partial charge in [0.15, 0.2) is 98.7 Å². The van der Waals surface area contributed by atoms with Gasteiger partial charge in [0.05, 0.1) is 5.41 Å². The second-order valence-electron chi connectivity index (χ2n) is 8.96. The number of fused-ring (bicyclic) bond motifs is 1. The number of benzene rings is 4. The molecular weight excluding hydrogens is 635 g/mol. The molecule has 1 aliphatic rings. The van der Waals surface area contributed by atoms with Gasteiger partial charge in [0.25, 0.3) is 0 Å². The highest BCUT2D eigenvalue weighted by atomic mass is 19.2. The molecule has 43 heavy (non-hydrogen) atoms. The third-order valence-corrected chi connectivity index (χ3v) is 6.99. The van der Waals surface area contributed by atoms with Gasteiger partial charge in [0.2, 0.25) is 0 Å². The van der Waals surface area contributed by atoms with Crippen molar-refractivity contribution in [3.63, 3.8) is 0 Å². The molecule has 0 aromatic heterocycles. The Morgan fingerprint density at radius 3 is 0.953 bits per heavy atom. The number of halogens is 17. The first-order valence-corrected chi connectivity index (χ1v) is 10.9. The van der Waals surface area contributed by atoms with Crippen LogP contribution in [0.3, 0.4) is 0 Å². The maximum absolute atomic E-state index is 17.5.